The van der Waals surface area contributed by atoms with Gasteiger partial charge in [0.05, 0.1) is 11.6 Å². The fourth-order valence-corrected chi connectivity index (χ4v) is 3.77. The second-order valence-electron chi connectivity index (χ2n) is 8.19. The van der Waals surface area contributed by atoms with Crippen molar-refractivity contribution in [1.82, 2.24) is 4.90 Å². The number of rotatable bonds is 2. The van der Waals surface area contributed by atoms with Crippen LogP contribution in [0, 0.1) is 0 Å². The first-order chi connectivity index (χ1) is 13.7. The summed E-state index contributed by atoms with van der Waals surface area (Å²) >= 11 is 6.45. The van der Waals surface area contributed by atoms with E-state index < -0.39 is 5.60 Å². The molecule has 3 aromatic rings. The summed E-state index contributed by atoms with van der Waals surface area (Å²) in [5.41, 5.74) is 1.95. The number of nitrogens with zero attached hydrogens (tertiary/aromatic N) is 1. The number of ether oxygens (including phenoxy) is 1. The van der Waals surface area contributed by atoms with Crippen LogP contribution in [-0.4, -0.2) is 28.9 Å². The molecule has 0 aliphatic carbocycles. The van der Waals surface area contributed by atoms with E-state index in [1.165, 1.54) is 0 Å². The molecule has 4 rings (SSSR count). The highest BCUT2D eigenvalue weighted by molar-refractivity contribution is 6.35. The predicted molar refractivity (Wildman–Crippen MR) is 111 cm³/mol. The van der Waals surface area contributed by atoms with Crippen LogP contribution in [0.5, 0.6) is 0 Å². The standard InChI is InChI=1S/C23H22ClNO4/c1-23(2,3)29-22(27)25-10-9-19-17(13-25)16-11-15(12-18(24)21(16)28-19)20(26)14-7-5-4-6-8-14/h4-8,11-12H,9-10,13H2,1-3H3. The molecule has 6 heteroatoms. The molecule has 2 aromatic carbocycles. The van der Waals surface area contributed by atoms with E-state index in [0.29, 0.717) is 41.2 Å². The van der Waals surface area contributed by atoms with Gasteiger partial charge in [-0.15, -0.1) is 0 Å². The van der Waals surface area contributed by atoms with Crippen molar-refractivity contribution >= 4 is 34.4 Å². The molecule has 1 aliphatic heterocycles. The lowest BCUT2D eigenvalue weighted by Gasteiger charge is -2.29. The average molecular weight is 412 g/mol. The Hall–Kier alpha value is -2.79. The van der Waals surface area contributed by atoms with Crippen molar-refractivity contribution in [2.45, 2.75) is 39.3 Å². The van der Waals surface area contributed by atoms with Gasteiger partial charge in [-0.2, -0.15) is 0 Å². The molecule has 0 atom stereocenters. The number of furan rings is 1. The molecule has 0 N–H and O–H groups in total. The Morgan fingerprint density at radius 1 is 1.10 bits per heavy atom. The van der Waals surface area contributed by atoms with E-state index in [-0.39, 0.29) is 11.9 Å². The molecule has 0 saturated heterocycles. The molecule has 0 radical (unpaired) electrons. The SMILES string of the molecule is CC(C)(C)OC(=O)N1CCc2oc3c(Cl)cc(C(=O)c4ccccc4)cc3c2C1. The van der Waals surface area contributed by atoms with Crippen LogP contribution < -0.4 is 0 Å². The van der Waals surface area contributed by atoms with Crippen LogP contribution in [0.4, 0.5) is 4.79 Å². The van der Waals surface area contributed by atoms with Gasteiger partial charge in [-0.3, -0.25) is 4.79 Å². The van der Waals surface area contributed by atoms with E-state index in [9.17, 15) is 9.59 Å². The first kappa shape index (κ1) is 19.5. The van der Waals surface area contributed by atoms with E-state index in [4.69, 9.17) is 20.8 Å². The number of ketones is 1. The lowest BCUT2D eigenvalue weighted by molar-refractivity contribution is 0.0220. The van der Waals surface area contributed by atoms with Crippen molar-refractivity contribution in [3.8, 4) is 0 Å². The third-order valence-corrected chi connectivity index (χ3v) is 5.12. The van der Waals surface area contributed by atoms with E-state index in [1.807, 2.05) is 39.0 Å². The second-order valence-corrected chi connectivity index (χ2v) is 8.59. The minimum Gasteiger partial charge on any atom is -0.459 e. The summed E-state index contributed by atoms with van der Waals surface area (Å²) in [6.07, 6.45) is 0.210. The van der Waals surface area contributed by atoms with Crippen LogP contribution in [0.3, 0.4) is 0 Å². The monoisotopic (exact) mass is 411 g/mol. The minimum atomic E-state index is -0.561. The molecule has 29 heavy (non-hydrogen) atoms. The zero-order valence-corrected chi connectivity index (χ0v) is 17.4. The summed E-state index contributed by atoms with van der Waals surface area (Å²) in [5, 5.41) is 1.15. The third-order valence-electron chi connectivity index (χ3n) is 4.84. The zero-order chi connectivity index (χ0) is 20.8. The van der Waals surface area contributed by atoms with Gasteiger partial charge >= 0.3 is 6.09 Å². The van der Waals surface area contributed by atoms with Gasteiger partial charge in [0, 0.05) is 35.0 Å². The fraction of sp³-hybridized carbons (Fsp3) is 0.304. The second kappa shape index (κ2) is 7.23. The van der Waals surface area contributed by atoms with Gasteiger partial charge < -0.3 is 14.1 Å². The molecular formula is C23H22ClNO4. The highest BCUT2D eigenvalue weighted by atomic mass is 35.5. The van der Waals surface area contributed by atoms with Crippen molar-refractivity contribution in [2.24, 2.45) is 0 Å². The molecule has 1 aliphatic rings. The summed E-state index contributed by atoms with van der Waals surface area (Å²) in [6, 6.07) is 12.5. The molecule has 150 valence electrons. The number of hydrogen-bond donors (Lipinski definition) is 0. The molecule has 1 amide bonds. The fourth-order valence-electron chi connectivity index (χ4n) is 3.51. The predicted octanol–water partition coefficient (Wildman–Crippen LogP) is 5.61. The summed E-state index contributed by atoms with van der Waals surface area (Å²) in [7, 11) is 0. The van der Waals surface area contributed by atoms with Gasteiger partial charge in [0.15, 0.2) is 11.4 Å². The Bertz CT molecular complexity index is 1100. The zero-order valence-electron chi connectivity index (χ0n) is 16.6. The normalized spacial score (nSPS) is 14.0. The number of hydrogen-bond acceptors (Lipinski definition) is 4. The van der Waals surface area contributed by atoms with E-state index in [0.717, 1.165) is 16.7 Å². The summed E-state index contributed by atoms with van der Waals surface area (Å²) in [4.78, 5) is 27.0. The maximum atomic E-state index is 12.9. The van der Waals surface area contributed by atoms with Gasteiger partial charge in [0.2, 0.25) is 0 Å². The maximum Gasteiger partial charge on any atom is 0.410 e. The highest BCUT2D eigenvalue weighted by Gasteiger charge is 2.30. The van der Waals surface area contributed by atoms with Crippen molar-refractivity contribution in [1.29, 1.82) is 0 Å². The molecule has 0 saturated carbocycles. The smallest absolute Gasteiger partial charge is 0.410 e. The van der Waals surface area contributed by atoms with Crippen molar-refractivity contribution in [3.05, 3.63) is 69.9 Å². The highest BCUT2D eigenvalue weighted by Crippen LogP contribution is 2.36. The van der Waals surface area contributed by atoms with E-state index in [1.54, 1.807) is 29.2 Å². The Morgan fingerprint density at radius 2 is 1.83 bits per heavy atom. The molecule has 5 nitrogen and oxygen atoms in total. The van der Waals surface area contributed by atoms with Crippen LogP contribution in [0.1, 0.15) is 48.0 Å². The van der Waals surface area contributed by atoms with Crippen LogP contribution in [0.2, 0.25) is 5.02 Å². The Kier molecular flexibility index (Phi) is 4.87. The number of carbonyl (C=O) groups excluding carboxylic acids is 2. The molecule has 0 spiro atoms. The van der Waals surface area contributed by atoms with Gasteiger partial charge in [0.25, 0.3) is 0 Å². The van der Waals surface area contributed by atoms with Gasteiger partial charge in [0.1, 0.15) is 11.4 Å². The molecule has 1 aromatic heterocycles. The Morgan fingerprint density at radius 3 is 2.52 bits per heavy atom. The number of fused-ring (bicyclic) bond motifs is 3. The minimum absolute atomic E-state index is 0.107. The number of halogens is 1. The molecule has 0 fully saturated rings. The number of carbonyl (C=O) groups is 2. The van der Waals surface area contributed by atoms with Gasteiger partial charge in [-0.05, 0) is 32.9 Å². The quantitative estimate of drug-likeness (QED) is 0.514. The van der Waals surface area contributed by atoms with Crippen molar-refractivity contribution in [3.63, 3.8) is 0 Å². The molecule has 0 bridgehead atoms. The van der Waals surface area contributed by atoms with E-state index in [2.05, 4.69) is 0 Å². The number of benzene rings is 2. The van der Waals surface area contributed by atoms with E-state index >= 15 is 0 Å². The topological polar surface area (TPSA) is 59.8 Å². The summed E-state index contributed by atoms with van der Waals surface area (Å²) < 4.78 is 11.5. The average Bonchev–Trinajstić information content (AvgIpc) is 3.05. The summed E-state index contributed by atoms with van der Waals surface area (Å²) in [6.45, 7) is 6.39. The third kappa shape index (κ3) is 3.87. The summed E-state index contributed by atoms with van der Waals surface area (Å²) in [5.74, 6) is 0.690. The molecule has 2 heterocycles. The Balaban J connectivity index is 1.71. The first-order valence-corrected chi connectivity index (χ1v) is 9.92. The van der Waals surface area contributed by atoms with Crippen LogP contribution >= 0.6 is 11.6 Å². The van der Waals surface area contributed by atoms with Crippen molar-refractivity contribution < 1.29 is 18.7 Å². The molecule has 0 unspecified atom stereocenters. The van der Waals surface area contributed by atoms with Crippen molar-refractivity contribution in [2.75, 3.05) is 6.54 Å². The van der Waals surface area contributed by atoms with Crippen LogP contribution in [0.25, 0.3) is 11.0 Å². The Labute approximate surface area is 174 Å². The lowest BCUT2D eigenvalue weighted by Crippen LogP contribution is -2.39. The first-order valence-electron chi connectivity index (χ1n) is 9.54. The largest absolute Gasteiger partial charge is 0.459 e. The van der Waals surface area contributed by atoms with Gasteiger partial charge in [-0.1, -0.05) is 41.9 Å². The molecular weight excluding hydrogens is 390 g/mol. The van der Waals surface area contributed by atoms with Gasteiger partial charge in [-0.25, -0.2) is 4.79 Å². The van der Waals surface area contributed by atoms with Crippen LogP contribution in [0.15, 0.2) is 46.9 Å². The van der Waals surface area contributed by atoms with Crippen LogP contribution in [-0.2, 0) is 17.7 Å². The maximum absolute atomic E-state index is 12.9. The number of amides is 1. The lowest BCUT2D eigenvalue weighted by atomic mass is 9.99.